The van der Waals surface area contributed by atoms with Crippen LogP contribution in [0.4, 0.5) is 0 Å². The van der Waals surface area contributed by atoms with Gasteiger partial charge in [-0.25, -0.2) is 4.79 Å². The number of aliphatic hydroxyl groups excluding tert-OH is 1. The Labute approximate surface area is 612 Å². The van der Waals surface area contributed by atoms with E-state index >= 15 is 0 Å². The largest absolute Gasteiger partial charge is 0.508 e. The number of amides is 12. The lowest BCUT2D eigenvalue weighted by Gasteiger charge is -2.30. The zero-order valence-corrected chi connectivity index (χ0v) is 62.9. The van der Waals surface area contributed by atoms with Crippen LogP contribution in [0.3, 0.4) is 0 Å². The van der Waals surface area contributed by atoms with E-state index in [1.807, 2.05) is 0 Å². The van der Waals surface area contributed by atoms with Crippen molar-refractivity contribution >= 4 is 76.9 Å². The van der Waals surface area contributed by atoms with Gasteiger partial charge in [-0.2, -0.15) is 0 Å². The number of nitrogens with two attached hydrogens (primary N) is 6. The molecule has 0 radical (unpaired) electrons. The number of nitrogens with one attached hydrogen (secondary N) is 12. The molecule has 0 aromatic heterocycles. The predicted octanol–water partition coefficient (Wildman–Crippen LogP) is -2.76. The number of hydrogen-bond acceptors (Lipinski definition) is 21. The van der Waals surface area contributed by atoms with Gasteiger partial charge in [-0.3, -0.25) is 57.5 Å². The molecule has 0 aliphatic heterocycles. The van der Waals surface area contributed by atoms with Crippen LogP contribution >= 0.6 is 0 Å². The molecule has 34 heteroatoms. The predicted molar refractivity (Wildman–Crippen MR) is 392 cm³/mol. The Balaban J connectivity index is 3.45. The molecule has 0 aliphatic rings. The van der Waals surface area contributed by atoms with E-state index in [1.54, 1.807) is 55.4 Å². The number of phenolic OH excluding ortho intramolecular Hbond substituents is 1. The van der Waals surface area contributed by atoms with Gasteiger partial charge in [-0.05, 0) is 191 Å². The molecule has 1 aromatic carbocycles. The van der Waals surface area contributed by atoms with Crippen molar-refractivity contribution in [1.82, 2.24) is 63.8 Å². The molecular formula is C70H126N18O16. The van der Waals surface area contributed by atoms with E-state index in [0.717, 1.165) is 0 Å². The molecule has 0 fully saturated rings. The van der Waals surface area contributed by atoms with Gasteiger partial charge in [0.2, 0.25) is 70.9 Å². The normalized spacial score (nSPS) is 15.5. The van der Waals surface area contributed by atoms with E-state index < -0.39 is 179 Å². The number of rotatable bonds is 53. The fourth-order valence-electron chi connectivity index (χ4n) is 10.9. The van der Waals surface area contributed by atoms with Crippen LogP contribution in [0.5, 0.6) is 5.75 Å². The lowest BCUT2D eigenvalue weighted by molar-refractivity contribution is -0.143. The third kappa shape index (κ3) is 35.6. The number of carboxylic acid groups (broad SMARTS) is 1. The van der Waals surface area contributed by atoms with Crippen LogP contribution in [0.25, 0.3) is 0 Å². The number of benzene rings is 1. The van der Waals surface area contributed by atoms with Crippen molar-refractivity contribution in [3.63, 3.8) is 0 Å². The Morgan fingerprint density at radius 2 is 0.625 bits per heavy atom. The molecule has 34 nitrogen and oxygen atoms in total. The van der Waals surface area contributed by atoms with E-state index in [0.29, 0.717) is 89.3 Å². The molecule has 0 bridgehead atoms. The van der Waals surface area contributed by atoms with Gasteiger partial charge in [-0.1, -0.05) is 73.9 Å². The number of aromatic hydroxyl groups is 1. The first-order chi connectivity index (χ1) is 49.0. The maximum Gasteiger partial charge on any atom is 0.326 e. The van der Waals surface area contributed by atoms with Crippen molar-refractivity contribution in [2.24, 2.45) is 58.1 Å². The summed E-state index contributed by atoms with van der Waals surface area (Å²) in [5, 5.41) is 62.1. The molecule has 0 saturated carbocycles. The van der Waals surface area contributed by atoms with Crippen LogP contribution in [0.15, 0.2) is 24.3 Å². The van der Waals surface area contributed by atoms with Gasteiger partial charge in [0.05, 0.1) is 12.1 Å². The highest BCUT2D eigenvalue weighted by molar-refractivity contribution is 6.00. The Kier molecular flexibility index (Phi) is 45.4. The van der Waals surface area contributed by atoms with Gasteiger partial charge in [0.1, 0.15) is 78.3 Å². The fourth-order valence-corrected chi connectivity index (χ4v) is 10.9. The Bertz CT molecular complexity index is 2870. The molecule has 1 aromatic rings. The lowest BCUT2D eigenvalue weighted by atomic mass is 9.98. The standard InChI is InChI=1S/C70H126N18O16/c1-38(2)36-52(65(98)87-56(41(7)8)70(103)104)83-68(101)55(40(5)6)86-66(99)53(37-45-27-29-46(90)30-28-45)84-69(102)57(44(11)89)88-59(92)43(10)77-58(91)42(9)78-61(94)48(23-13-18-32-72)82-67(100)54(39(3)4)85-64(97)51(26-16-21-35-75)81-63(96)50(25-15-20-34-74)80-62(95)49(24-14-19-33-73)79-60(93)47(76)22-12-17-31-71/h27-30,38-44,47-57,89-90H,12-26,31-37,71-76H2,1-11H3,(H,77,91)(H,78,94)(H,79,93)(H,80,95)(H,81,96)(H,82,100)(H,83,101)(H,84,102)(H,85,97)(H,86,99)(H,87,98)(H,88,92)(H,103,104)/t42-,43-,44+,47-,48-,49-,50-,51-,52-,53-,54-,55-,56-,57-/m0/s1. The molecule has 592 valence electrons. The van der Waals surface area contributed by atoms with Gasteiger partial charge in [0.25, 0.3) is 0 Å². The van der Waals surface area contributed by atoms with Crippen LogP contribution in [-0.2, 0) is 68.7 Å². The Hall–Kier alpha value is -8.15. The number of unbranched alkanes of at least 4 members (excludes halogenated alkanes) is 5. The lowest BCUT2D eigenvalue weighted by Crippen LogP contribution is -2.62. The molecule has 12 amide bonds. The number of phenols is 1. The summed E-state index contributed by atoms with van der Waals surface area (Å²) in [5.74, 6) is -13.1. The van der Waals surface area contributed by atoms with E-state index in [4.69, 9.17) is 34.4 Å². The summed E-state index contributed by atoms with van der Waals surface area (Å²) in [5.41, 5.74) is 35.3. The SMILES string of the molecule is CC(C)C[C@H](NC(=O)[C@@H](NC(=O)[C@H](Cc1ccc(O)cc1)NC(=O)[C@@H](NC(=O)[C@H](C)NC(=O)[C@H](C)NC(=O)[C@H](CCCCN)NC(=O)[C@@H](NC(=O)[C@H](CCCCN)NC(=O)[C@H](CCCCN)NC(=O)[C@H](CCCCN)NC(=O)[C@@H](N)CCCCN)C(C)C)[C@@H](C)O)C(C)C)C(=O)N[C@H](C(=O)O)C(C)C. The molecule has 27 N–H and O–H groups in total. The zero-order valence-electron chi connectivity index (χ0n) is 62.9. The number of hydrogen-bond donors (Lipinski definition) is 21. The van der Waals surface area contributed by atoms with Crippen molar-refractivity contribution in [2.75, 3.05) is 32.7 Å². The third-order valence-electron chi connectivity index (χ3n) is 17.3. The molecule has 14 atom stereocenters. The van der Waals surface area contributed by atoms with Crippen molar-refractivity contribution in [2.45, 2.75) is 270 Å². The highest BCUT2D eigenvalue weighted by atomic mass is 16.4. The van der Waals surface area contributed by atoms with Crippen LogP contribution < -0.4 is 98.2 Å². The van der Waals surface area contributed by atoms with Gasteiger partial charge in [0, 0.05) is 6.42 Å². The summed E-state index contributed by atoms with van der Waals surface area (Å²) in [6.45, 7) is 18.6. The van der Waals surface area contributed by atoms with Gasteiger partial charge >= 0.3 is 5.97 Å². The van der Waals surface area contributed by atoms with E-state index in [1.165, 1.54) is 45.0 Å². The van der Waals surface area contributed by atoms with Gasteiger partial charge < -0.3 is 114 Å². The second-order valence-electron chi connectivity index (χ2n) is 28.1. The Morgan fingerprint density at radius 1 is 0.337 bits per heavy atom. The summed E-state index contributed by atoms with van der Waals surface area (Å²) in [6.07, 6.45) is 3.62. The third-order valence-corrected chi connectivity index (χ3v) is 17.3. The highest BCUT2D eigenvalue weighted by Gasteiger charge is 2.39. The van der Waals surface area contributed by atoms with Gasteiger partial charge in [0.15, 0.2) is 0 Å². The number of aliphatic carboxylic acids is 1. The first-order valence-electron chi connectivity index (χ1n) is 36.6. The molecular weight excluding hydrogens is 1350 g/mol. The summed E-state index contributed by atoms with van der Waals surface area (Å²) < 4.78 is 0. The second kappa shape index (κ2) is 50.3. The molecule has 1 rings (SSSR count). The summed E-state index contributed by atoms with van der Waals surface area (Å²) in [4.78, 5) is 180. The number of carboxylic acids is 1. The zero-order chi connectivity index (χ0) is 78.9. The van der Waals surface area contributed by atoms with E-state index in [2.05, 4.69) is 63.8 Å². The number of aliphatic hydroxyl groups is 1. The monoisotopic (exact) mass is 1470 g/mol. The van der Waals surface area contributed by atoms with Crippen molar-refractivity contribution < 1.29 is 77.6 Å². The van der Waals surface area contributed by atoms with Crippen LogP contribution in [0.1, 0.15) is 184 Å². The first-order valence-corrected chi connectivity index (χ1v) is 36.6. The summed E-state index contributed by atoms with van der Waals surface area (Å²) in [6, 6.07) is -11.4. The van der Waals surface area contributed by atoms with Crippen LogP contribution in [0, 0.1) is 23.7 Å². The summed E-state index contributed by atoms with van der Waals surface area (Å²) in [7, 11) is 0. The van der Waals surface area contributed by atoms with E-state index in [-0.39, 0.29) is 69.8 Å². The minimum absolute atomic E-state index is 0.0122. The van der Waals surface area contributed by atoms with Crippen LogP contribution in [-0.4, -0.2) is 210 Å². The van der Waals surface area contributed by atoms with Gasteiger partial charge in [-0.15, -0.1) is 0 Å². The number of carbonyl (C=O) groups is 13. The Morgan fingerprint density at radius 3 is 1.00 bits per heavy atom. The van der Waals surface area contributed by atoms with Crippen LogP contribution in [0.2, 0.25) is 0 Å². The average molecular weight is 1480 g/mol. The first kappa shape index (κ1) is 93.9. The maximum absolute atomic E-state index is 14.4. The van der Waals surface area contributed by atoms with E-state index in [9.17, 15) is 77.6 Å². The average Bonchev–Trinajstić information content (AvgIpc) is 0.850. The molecule has 104 heavy (non-hydrogen) atoms. The molecule has 0 heterocycles. The fraction of sp³-hybridized carbons (Fsp3) is 0.729. The van der Waals surface area contributed by atoms with Crippen molar-refractivity contribution in [3.8, 4) is 5.75 Å². The smallest absolute Gasteiger partial charge is 0.326 e. The minimum atomic E-state index is -1.78. The minimum Gasteiger partial charge on any atom is -0.508 e. The van der Waals surface area contributed by atoms with Crippen molar-refractivity contribution in [3.05, 3.63) is 29.8 Å². The topological polar surface area (TPSA) is 583 Å². The summed E-state index contributed by atoms with van der Waals surface area (Å²) >= 11 is 0. The molecule has 0 spiro atoms. The second-order valence-corrected chi connectivity index (χ2v) is 28.1. The molecule has 0 saturated heterocycles. The highest BCUT2D eigenvalue weighted by Crippen LogP contribution is 2.17. The maximum atomic E-state index is 14.4. The van der Waals surface area contributed by atoms with Crippen molar-refractivity contribution in [1.29, 1.82) is 0 Å². The number of carbonyl (C=O) groups excluding carboxylic acids is 12. The molecule has 0 unspecified atom stereocenters. The molecule has 0 aliphatic carbocycles. The quantitative estimate of drug-likeness (QED) is 0.0294.